The van der Waals surface area contributed by atoms with Gasteiger partial charge in [0.15, 0.2) is 0 Å². The van der Waals surface area contributed by atoms with Crippen molar-refractivity contribution in [1.82, 2.24) is 4.31 Å². The zero-order chi connectivity index (χ0) is 21.4. The molecule has 0 unspecified atom stereocenters. The normalized spacial score (nSPS) is 11.6. The average molecular weight is 416 g/mol. The van der Waals surface area contributed by atoms with Gasteiger partial charge in [0, 0.05) is 24.9 Å². The summed E-state index contributed by atoms with van der Waals surface area (Å²) in [6.45, 7) is 4.39. The number of anilines is 1. The molecule has 7 nitrogen and oxygen atoms in total. The van der Waals surface area contributed by atoms with Crippen LogP contribution in [-0.4, -0.2) is 44.8 Å². The van der Waals surface area contributed by atoms with Crippen LogP contribution in [0.2, 0.25) is 0 Å². The molecule has 0 aromatic heterocycles. The van der Waals surface area contributed by atoms with E-state index in [4.69, 9.17) is 0 Å². The molecule has 2 rings (SSSR count). The number of carbonyl (C=O) groups excluding carboxylic acids is 2. The van der Waals surface area contributed by atoms with Crippen LogP contribution in [0.3, 0.4) is 0 Å². The van der Waals surface area contributed by atoms with Crippen LogP contribution >= 0.6 is 0 Å². The Kier molecular flexibility index (Phi) is 7.69. The monoisotopic (exact) mass is 416 g/mol. The second-order valence-corrected chi connectivity index (χ2v) is 7.99. The minimum Gasteiger partial charge on any atom is -0.465 e. The van der Waals surface area contributed by atoms with E-state index in [0.717, 1.165) is 0 Å². The van der Waals surface area contributed by atoms with Gasteiger partial charge in [0.05, 0.1) is 17.6 Å². The van der Waals surface area contributed by atoms with Gasteiger partial charge in [0.2, 0.25) is 15.9 Å². The maximum atomic E-state index is 12.5. The Balaban J connectivity index is 2.02. The lowest BCUT2D eigenvalue weighted by Gasteiger charge is -2.18. The van der Waals surface area contributed by atoms with Crippen molar-refractivity contribution in [2.45, 2.75) is 18.7 Å². The molecule has 0 radical (unpaired) electrons. The summed E-state index contributed by atoms with van der Waals surface area (Å²) in [4.78, 5) is 23.7. The van der Waals surface area contributed by atoms with Gasteiger partial charge in [-0.15, -0.1) is 0 Å². The molecule has 2 aromatic rings. The van der Waals surface area contributed by atoms with E-state index in [-0.39, 0.29) is 10.8 Å². The molecule has 0 aliphatic heterocycles. The Bertz CT molecular complexity index is 977. The second kappa shape index (κ2) is 9.99. The molecule has 1 N–H and O–H groups in total. The number of carbonyl (C=O) groups is 2. The first-order chi connectivity index (χ1) is 13.8. The van der Waals surface area contributed by atoms with Crippen LogP contribution in [0, 0.1) is 0 Å². The number of nitrogens with zero attached hydrogens (tertiary/aromatic N) is 1. The summed E-state index contributed by atoms with van der Waals surface area (Å²) in [6, 6.07) is 12.7. The first-order valence-electron chi connectivity index (χ1n) is 9.09. The lowest BCUT2D eigenvalue weighted by atomic mass is 10.2. The van der Waals surface area contributed by atoms with Crippen LogP contribution < -0.4 is 5.32 Å². The van der Waals surface area contributed by atoms with Crippen LogP contribution in [0.1, 0.15) is 29.8 Å². The van der Waals surface area contributed by atoms with Crippen LogP contribution in [0.15, 0.2) is 59.5 Å². The average Bonchev–Trinajstić information content (AvgIpc) is 2.73. The SMILES string of the molecule is CCN(CC)S(=O)(=O)c1ccc(/C=C/C(=O)Nc2ccc(C(=O)OC)cc2)cc1. The summed E-state index contributed by atoms with van der Waals surface area (Å²) in [5.74, 6) is -0.801. The minimum absolute atomic E-state index is 0.216. The summed E-state index contributed by atoms with van der Waals surface area (Å²) >= 11 is 0. The molecule has 0 bridgehead atoms. The second-order valence-electron chi connectivity index (χ2n) is 6.05. The van der Waals surface area contributed by atoms with Gasteiger partial charge in [-0.2, -0.15) is 4.31 Å². The number of esters is 1. The van der Waals surface area contributed by atoms with E-state index in [1.165, 1.54) is 29.6 Å². The number of amides is 1. The number of hydrogen-bond acceptors (Lipinski definition) is 5. The Morgan fingerprint density at radius 1 is 1.00 bits per heavy atom. The molecular formula is C21H24N2O5S. The predicted molar refractivity (Wildman–Crippen MR) is 112 cm³/mol. The van der Waals surface area contributed by atoms with Crippen molar-refractivity contribution in [1.29, 1.82) is 0 Å². The van der Waals surface area contributed by atoms with Gasteiger partial charge < -0.3 is 10.1 Å². The summed E-state index contributed by atoms with van der Waals surface area (Å²) in [7, 11) is -2.20. The Labute approximate surface area is 171 Å². The molecule has 0 fully saturated rings. The van der Waals surface area contributed by atoms with Crippen molar-refractivity contribution in [2.75, 3.05) is 25.5 Å². The van der Waals surface area contributed by atoms with Gasteiger partial charge in [-0.05, 0) is 48.0 Å². The third kappa shape index (κ3) is 5.75. The molecule has 8 heteroatoms. The number of nitrogens with one attached hydrogen (secondary N) is 1. The summed E-state index contributed by atoms with van der Waals surface area (Å²) in [5.41, 5.74) is 1.62. The predicted octanol–water partition coefficient (Wildman–Crippen LogP) is 3.16. The molecule has 0 aliphatic carbocycles. The van der Waals surface area contributed by atoms with Gasteiger partial charge in [-0.3, -0.25) is 4.79 Å². The first kappa shape index (κ1) is 22.3. The van der Waals surface area contributed by atoms with E-state index in [1.807, 2.05) is 0 Å². The van der Waals surface area contributed by atoms with Crippen molar-refractivity contribution < 1.29 is 22.7 Å². The van der Waals surface area contributed by atoms with Crippen LogP contribution in [0.5, 0.6) is 0 Å². The molecule has 2 aromatic carbocycles. The maximum Gasteiger partial charge on any atom is 0.337 e. The van der Waals surface area contributed by atoms with Gasteiger partial charge in [-0.1, -0.05) is 26.0 Å². The summed E-state index contributed by atoms with van der Waals surface area (Å²) < 4.78 is 31.0. The standard InChI is InChI=1S/C21H24N2O5S/c1-4-23(5-2)29(26,27)19-13-6-16(7-14-19)8-15-20(24)22-18-11-9-17(10-12-18)21(25)28-3/h6-15H,4-5H2,1-3H3,(H,22,24)/b15-8+. The lowest BCUT2D eigenvalue weighted by molar-refractivity contribution is -0.111. The summed E-state index contributed by atoms with van der Waals surface area (Å²) in [5, 5.41) is 2.68. The molecule has 154 valence electrons. The first-order valence-corrected chi connectivity index (χ1v) is 10.5. The third-order valence-corrected chi connectivity index (χ3v) is 6.29. The fourth-order valence-corrected chi connectivity index (χ4v) is 4.08. The number of ether oxygens (including phenoxy) is 1. The zero-order valence-corrected chi connectivity index (χ0v) is 17.4. The van der Waals surface area contributed by atoms with E-state index in [0.29, 0.717) is 29.9 Å². The summed E-state index contributed by atoms with van der Waals surface area (Å²) in [6.07, 6.45) is 2.94. The number of methoxy groups -OCH3 is 1. The molecule has 29 heavy (non-hydrogen) atoms. The Morgan fingerprint density at radius 3 is 2.10 bits per heavy atom. The van der Waals surface area contributed by atoms with Crippen molar-refractivity contribution in [3.63, 3.8) is 0 Å². The van der Waals surface area contributed by atoms with E-state index < -0.39 is 16.0 Å². The fourth-order valence-electron chi connectivity index (χ4n) is 2.63. The van der Waals surface area contributed by atoms with Gasteiger partial charge in [0.25, 0.3) is 0 Å². The van der Waals surface area contributed by atoms with Crippen molar-refractivity contribution in [2.24, 2.45) is 0 Å². The van der Waals surface area contributed by atoms with Gasteiger partial charge in [0.1, 0.15) is 0 Å². The highest BCUT2D eigenvalue weighted by atomic mass is 32.2. The number of hydrogen-bond donors (Lipinski definition) is 1. The van der Waals surface area contributed by atoms with Crippen molar-refractivity contribution in [3.05, 3.63) is 65.7 Å². The quantitative estimate of drug-likeness (QED) is 0.527. The van der Waals surface area contributed by atoms with E-state index in [1.54, 1.807) is 56.3 Å². The minimum atomic E-state index is -3.50. The third-order valence-electron chi connectivity index (χ3n) is 4.22. The molecule has 0 atom stereocenters. The van der Waals surface area contributed by atoms with Gasteiger partial charge in [-0.25, -0.2) is 13.2 Å². The van der Waals surface area contributed by atoms with E-state index in [9.17, 15) is 18.0 Å². The molecule has 0 saturated heterocycles. The zero-order valence-electron chi connectivity index (χ0n) is 16.6. The molecule has 0 heterocycles. The molecule has 1 amide bonds. The number of benzene rings is 2. The topological polar surface area (TPSA) is 92.8 Å². The van der Waals surface area contributed by atoms with E-state index in [2.05, 4.69) is 10.1 Å². The highest BCUT2D eigenvalue weighted by Crippen LogP contribution is 2.17. The van der Waals surface area contributed by atoms with Crippen molar-refractivity contribution >= 4 is 33.7 Å². The van der Waals surface area contributed by atoms with Gasteiger partial charge >= 0.3 is 5.97 Å². The van der Waals surface area contributed by atoms with E-state index >= 15 is 0 Å². The largest absolute Gasteiger partial charge is 0.465 e. The smallest absolute Gasteiger partial charge is 0.337 e. The van der Waals surface area contributed by atoms with Crippen LogP contribution in [-0.2, 0) is 19.6 Å². The maximum absolute atomic E-state index is 12.5. The highest BCUT2D eigenvalue weighted by molar-refractivity contribution is 7.89. The molecular weight excluding hydrogens is 392 g/mol. The fraction of sp³-hybridized carbons (Fsp3) is 0.238. The Hall–Kier alpha value is -2.97. The van der Waals surface area contributed by atoms with Crippen molar-refractivity contribution in [3.8, 4) is 0 Å². The molecule has 0 aliphatic rings. The molecule has 0 saturated carbocycles. The van der Waals surface area contributed by atoms with Crippen LogP contribution in [0.25, 0.3) is 6.08 Å². The lowest BCUT2D eigenvalue weighted by Crippen LogP contribution is -2.30. The Morgan fingerprint density at radius 2 is 1.59 bits per heavy atom. The highest BCUT2D eigenvalue weighted by Gasteiger charge is 2.20. The number of rotatable bonds is 8. The molecule has 0 spiro atoms. The number of sulfonamides is 1. The van der Waals surface area contributed by atoms with Crippen LogP contribution in [0.4, 0.5) is 5.69 Å².